The molecule has 0 radical (unpaired) electrons. The molecule has 1 aromatic carbocycles. The number of nitrogens with zero attached hydrogens (tertiary/aromatic N) is 4. The number of hydrogen-bond acceptors (Lipinski definition) is 6. The molecule has 6 heteroatoms. The quantitative estimate of drug-likeness (QED) is 0.707. The van der Waals surface area contributed by atoms with Crippen LogP contribution in [0, 0.1) is 23.5 Å². The Hall–Kier alpha value is -3.35. The van der Waals surface area contributed by atoms with E-state index in [4.69, 9.17) is 11.0 Å². The summed E-state index contributed by atoms with van der Waals surface area (Å²) in [6.07, 6.45) is 1.73. The van der Waals surface area contributed by atoms with Gasteiger partial charge in [0.1, 0.15) is 23.2 Å². The van der Waals surface area contributed by atoms with E-state index >= 15 is 0 Å². The molecule has 0 unspecified atom stereocenters. The molecule has 3 heterocycles. The van der Waals surface area contributed by atoms with Gasteiger partial charge in [0.25, 0.3) is 0 Å². The Balaban J connectivity index is 0.000000150. The van der Waals surface area contributed by atoms with Gasteiger partial charge in [0, 0.05) is 37.8 Å². The summed E-state index contributed by atoms with van der Waals surface area (Å²) in [5.74, 6) is 1.34. The maximum atomic E-state index is 8.92. The van der Waals surface area contributed by atoms with Gasteiger partial charge in [0.2, 0.25) is 0 Å². The van der Waals surface area contributed by atoms with Crippen LogP contribution in [0.25, 0.3) is 10.9 Å². The number of nitrogen functional groups attached to an aromatic ring is 1. The van der Waals surface area contributed by atoms with Gasteiger partial charge < -0.3 is 16.0 Å². The summed E-state index contributed by atoms with van der Waals surface area (Å²) in [5, 5.41) is 13.2. The summed E-state index contributed by atoms with van der Waals surface area (Å²) in [4.78, 5) is 10.5. The van der Waals surface area contributed by atoms with Crippen molar-refractivity contribution in [3.63, 3.8) is 0 Å². The fraction of sp³-hybridized carbons (Fsp3) is 0.211. The van der Waals surface area contributed by atoms with Gasteiger partial charge in [-0.25, -0.2) is 9.97 Å². The number of aromatic nitrogens is 2. The molecule has 124 valence electrons. The van der Waals surface area contributed by atoms with Crippen LogP contribution in [-0.4, -0.2) is 36.1 Å². The van der Waals surface area contributed by atoms with Crippen molar-refractivity contribution in [2.24, 2.45) is 0 Å². The third-order valence-electron chi connectivity index (χ3n) is 3.81. The Kier molecular flexibility index (Phi) is 5.26. The van der Waals surface area contributed by atoms with Gasteiger partial charge in [-0.05, 0) is 42.5 Å². The van der Waals surface area contributed by atoms with Crippen molar-refractivity contribution in [3.05, 3.63) is 60.3 Å². The molecule has 0 bridgehead atoms. The van der Waals surface area contributed by atoms with Gasteiger partial charge in [0.15, 0.2) is 0 Å². The highest BCUT2D eigenvalue weighted by atomic mass is 15.2. The SMILES string of the molecule is N#Cc1cccnc1N1CCNCC1.Nc1ccc2ccc#cc2n1. The number of pyridine rings is 2. The van der Waals surface area contributed by atoms with Crippen molar-refractivity contribution in [2.45, 2.75) is 0 Å². The van der Waals surface area contributed by atoms with E-state index in [1.807, 2.05) is 18.2 Å². The fourth-order valence-electron chi connectivity index (χ4n) is 2.57. The van der Waals surface area contributed by atoms with E-state index in [1.165, 1.54) is 0 Å². The van der Waals surface area contributed by atoms with E-state index in [-0.39, 0.29) is 0 Å². The van der Waals surface area contributed by atoms with Crippen LogP contribution in [0.1, 0.15) is 5.56 Å². The second kappa shape index (κ2) is 7.96. The van der Waals surface area contributed by atoms with Gasteiger partial charge in [-0.15, -0.1) is 0 Å². The van der Waals surface area contributed by atoms with Crippen molar-refractivity contribution < 1.29 is 0 Å². The topological polar surface area (TPSA) is 90.9 Å². The lowest BCUT2D eigenvalue weighted by Crippen LogP contribution is -2.44. The second-order valence-electron chi connectivity index (χ2n) is 5.50. The molecule has 4 rings (SSSR count). The smallest absolute Gasteiger partial charge is 0.146 e. The maximum absolute atomic E-state index is 8.92. The van der Waals surface area contributed by atoms with Crippen LogP contribution in [0.5, 0.6) is 0 Å². The predicted octanol–water partition coefficient (Wildman–Crippen LogP) is 1.78. The van der Waals surface area contributed by atoms with E-state index in [2.05, 4.69) is 38.4 Å². The third-order valence-corrected chi connectivity index (χ3v) is 3.81. The van der Waals surface area contributed by atoms with Crippen LogP contribution in [0.2, 0.25) is 0 Å². The molecule has 1 saturated heterocycles. The maximum Gasteiger partial charge on any atom is 0.146 e. The first-order valence-corrected chi connectivity index (χ1v) is 8.03. The Morgan fingerprint density at radius 3 is 2.84 bits per heavy atom. The second-order valence-corrected chi connectivity index (χ2v) is 5.50. The van der Waals surface area contributed by atoms with Gasteiger partial charge in [-0.2, -0.15) is 5.26 Å². The standard InChI is InChI=1S/C10H12N4.C9H6N2/c11-8-9-2-1-3-13-10(9)14-6-4-12-5-7-14;10-9-6-5-7-3-1-2-4-8(7)11-9/h1-3,12H,4-7H2;1,3,5-6H,(H2,10,11). The third kappa shape index (κ3) is 4.14. The van der Waals surface area contributed by atoms with Crippen LogP contribution in [0.15, 0.2) is 42.6 Å². The number of nitrogens with one attached hydrogen (secondary N) is 1. The number of anilines is 2. The van der Waals surface area contributed by atoms with Gasteiger partial charge in [-0.1, -0.05) is 6.07 Å². The van der Waals surface area contributed by atoms with E-state index in [9.17, 15) is 0 Å². The van der Waals surface area contributed by atoms with Crippen molar-refractivity contribution in [1.29, 1.82) is 5.26 Å². The van der Waals surface area contributed by atoms with E-state index in [0.717, 1.165) is 42.9 Å². The molecule has 0 amide bonds. The number of fused-ring (bicyclic) bond motifs is 1. The van der Waals surface area contributed by atoms with Crippen LogP contribution in [0.4, 0.5) is 11.6 Å². The molecule has 1 aliphatic heterocycles. The zero-order valence-corrected chi connectivity index (χ0v) is 13.7. The van der Waals surface area contributed by atoms with Crippen molar-refractivity contribution in [1.82, 2.24) is 15.3 Å². The first kappa shape index (κ1) is 16.5. The number of piperazine rings is 1. The molecular formula is C19H18N6. The Bertz CT molecular complexity index is 880. The summed E-state index contributed by atoms with van der Waals surface area (Å²) in [7, 11) is 0. The van der Waals surface area contributed by atoms with Gasteiger partial charge >= 0.3 is 0 Å². The summed E-state index contributed by atoms with van der Waals surface area (Å²) in [6, 6.07) is 18.9. The number of nitriles is 1. The molecule has 0 spiro atoms. The molecule has 3 aromatic rings. The molecule has 6 nitrogen and oxygen atoms in total. The normalized spacial score (nSPS) is 13.3. The van der Waals surface area contributed by atoms with E-state index in [1.54, 1.807) is 24.4 Å². The van der Waals surface area contributed by atoms with Crippen LogP contribution in [-0.2, 0) is 0 Å². The molecular weight excluding hydrogens is 312 g/mol. The molecule has 1 aliphatic rings. The van der Waals surface area contributed by atoms with Crippen molar-refractivity contribution in [3.8, 4) is 6.07 Å². The lowest BCUT2D eigenvalue weighted by Gasteiger charge is -2.28. The van der Waals surface area contributed by atoms with Crippen molar-refractivity contribution >= 4 is 22.5 Å². The molecule has 1 fully saturated rings. The van der Waals surface area contributed by atoms with Gasteiger partial charge in [0.05, 0.1) is 5.56 Å². The lowest BCUT2D eigenvalue weighted by molar-refractivity contribution is 0.584. The van der Waals surface area contributed by atoms with Gasteiger partial charge in [-0.3, -0.25) is 0 Å². The first-order chi connectivity index (χ1) is 12.3. The largest absolute Gasteiger partial charge is 0.384 e. The molecule has 0 saturated carbocycles. The zero-order valence-electron chi connectivity index (χ0n) is 13.7. The van der Waals surface area contributed by atoms with E-state index < -0.39 is 0 Å². The highest BCUT2D eigenvalue weighted by molar-refractivity contribution is 5.78. The van der Waals surface area contributed by atoms with Crippen LogP contribution >= 0.6 is 0 Å². The Labute approximate surface area is 146 Å². The van der Waals surface area contributed by atoms with E-state index in [0.29, 0.717) is 11.4 Å². The Morgan fingerprint density at radius 2 is 2.04 bits per heavy atom. The number of nitrogens with two attached hydrogens (primary N) is 1. The summed E-state index contributed by atoms with van der Waals surface area (Å²) in [6.45, 7) is 3.76. The fourth-order valence-corrected chi connectivity index (χ4v) is 2.57. The first-order valence-electron chi connectivity index (χ1n) is 8.03. The average Bonchev–Trinajstić information content (AvgIpc) is 2.69. The number of hydrogen-bond donors (Lipinski definition) is 2. The summed E-state index contributed by atoms with van der Waals surface area (Å²) in [5.41, 5.74) is 6.91. The zero-order chi connectivity index (χ0) is 17.5. The minimum Gasteiger partial charge on any atom is -0.384 e. The highest BCUT2D eigenvalue weighted by Gasteiger charge is 2.14. The van der Waals surface area contributed by atoms with Crippen molar-refractivity contribution in [2.75, 3.05) is 36.8 Å². The predicted molar refractivity (Wildman–Crippen MR) is 97.9 cm³/mol. The molecule has 0 atom stereocenters. The lowest BCUT2D eigenvalue weighted by atomic mass is 10.2. The summed E-state index contributed by atoms with van der Waals surface area (Å²) < 4.78 is 0. The minimum absolute atomic E-state index is 0.522. The minimum atomic E-state index is 0.522. The highest BCUT2D eigenvalue weighted by Crippen LogP contribution is 2.16. The molecule has 3 N–H and O–H groups in total. The molecule has 25 heavy (non-hydrogen) atoms. The van der Waals surface area contributed by atoms with Crippen LogP contribution < -0.4 is 16.0 Å². The monoisotopic (exact) mass is 330 g/mol. The molecule has 2 aromatic heterocycles. The van der Waals surface area contributed by atoms with Crippen LogP contribution in [0.3, 0.4) is 0 Å². The average molecular weight is 330 g/mol. The Morgan fingerprint density at radius 1 is 1.20 bits per heavy atom. The summed E-state index contributed by atoms with van der Waals surface area (Å²) >= 11 is 0. The molecule has 0 aliphatic carbocycles. The number of rotatable bonds is 1.